The summed E-state index contributed by atoms with van der Waals surface area (Å²) in [5.41, 5.74) is 2.33. The molecule has 1 fully saturated rings. The molecule has 0 radical (unpaired) electrons. The number of carbonyl (C=O) groups excluding carboxylic acids is 1. The molecule has 2 aromatic carbocycles. The Balaban J connectivity index is 1.41. The van der Waals surface area contributed by atoms with E-state index >= 15 is 0 Å². The van der Waals surface area contributed by atoms with Gasteiger partial charge in [-0.3, -0.25) is 0 Å². The second-order valence-corrected chi connectivity index (χ2v) is 6.78. The third kappa shape index (κ3) is 5.05. The van der Waals surface area contributed by atoms with Gasteiger partial charge in [-0.15, -0.1) is 0 Å². The van der Waals surface area contributed by atoms with E-state index in [-0.39, 0.29) is 24.0 Å². The Bertz CT molecular complexity index is 708. The molecule has 0 bridgehead atoms. The number of rotatable bonds is 5. The molecule has 2 aromatic rings. The lowest BCUT2D eigenvalue weighted by Crippen LogP contribution is -2.41. The van der Waals surface area contributed by atoms with Crippen molar-refractivity contribution in [2.45, 2.75) is 51.4 Å². The van der Waals surface area contributed by atoms with Gasteiger partial charge in [0.05, 0.1) is 12.7 Å². The Morgan fingerprint density at radius 2 is 1.81 bits per heavy atom. The van der Waals surface area contributed by atoms with E-state index in [1.165, 1.54) is 6.07 Å². The molecule has 138 valence electrons. The van der Waals surface area contributed by atoms with Crippen molar-refractivity contribution in [1.82, 2.24) is 5.32 Å². The summed E-state index contributed by atoms with van der Waals surface area (Å²) in [6.07, 6.45) is 3.57. The largest absolute Gasteiger partial charge is 0.373 e. The summed E-state index contributed by atoms with van der Waals surface area (Å²) in [5.74, 6) is -0.210. The van der Waals surface area contributed by atoms with Gasteiger partial charge in [-0.25, -0.2) is 9.18 Å². The maximum atomic E-state index is 13.9. The van der Waals surface area contributed by atoms with Crippen molar-refractivity contribution in [3.63, 3.8) is 0 Å². The fourth-order valence-corrected chi connectivity index (χ4v) is 3.30. The highest BCUT2D eigenvalue weighted by molar-refractivity contribution is 5.89. The molecule has 0 spiro atoms. The molecular formula is C21H25FN2O2. The maximum Gasteiger partial charge on any atom is 0.319 e. The smallest absolute Gasteiger partial charge is 0.319 e. The minimum Gasteiger partial charge on any atom is -0.373 e. The van der Waals surface area contributed by atoms with Gasteiger partial charge in [0.25, 0.3) is 0 Å². The SMILES string of the molecule is Cc1cccc(F)c1COC1CCC(NC(=O)Nc2ccccc2)CC1. The summed E-state index contributed by atoms with van der Waals surface area (Å²) in [6, 6.07) is 14.4. The van der Waals surface area contributed by atoms with Crippen molar-refractivity contribution in [2.24, 2.45) is 0 Å². The van der Waals surface area contributed by atoms with Crippen LogP contribution in [0, 0.1) is 12.7 Å². The van der Waals surface area contributed by atoms with Crippen LogP contribution in [0.1, 0.15) is 36.8 Å². The summed E-state index contributed by atoms with van der Waals surface area (Å²) in [7, 11) is 0. The summed E-state index contributed by atoms with van der Waals surface area (Å²) >= 11 is 0. The summed E-state index contributed by atoms with van der Waals surface area (Å²) in [5, 5.41) is 5.85. The van der Waals surface area contributed by atoms with Crippen LogP contribution in [-0.4, -0.2) is 18.2 Å². The lowest BCUT2D eigenvalue weighted by Gasteiger charge is -2.29. The molecule has 1 aliphatic carbocycles. The normalized spacial score (nSPS) is 19.8. The Hall–Kier alpha value is -2.40. The van der Waals surface area contributed by atoms with Crippen LogP contribution in [0.3, 0.4) is 0 Å². The lowest BCUT2D eigenvalue weighted by molar-refractivity contribution is 0.0107. The number of amides is 2. The minimum absolute atomic E-state index is 0.115. The van der Waals surface area contributed by atoms with E-state index in [0.717, 1.165) is 36.9 Å². The molecule has 0 aliphatic heterocycles. The van der Waals surface area contributed by atoms with Gasteiger partial charge in [-0.1, -0.05) is 30.3 Å². The monoisotopic (exact) mass is 356 g/mol. The zero-order chi connectivity index (χ0) is 18.4. The van der Waals surface area contributed by atoms with E-state index in [0.29, 0.717) is 12.2 Å². The third-order valence-electron chi connectivity index (χ3n) is 4.86. The van der Waals surface area contributed by atoms with Gasteiger partial charge in [0.2, 0.25) is 0 Å². The number of urea groups is 1. The highest BCUT2D eigenvalue weighted by Gasteiger charge is 2.23. The number of benzene rings is 2. The predicted molar refractivity (Wildman–Crippen MR) is 101 cm³/mol. The molecule has 2 N–H and O–H groups in total. The second-order valence-electron chi connectivity index (χ2n) is 6.78. The standard InChI is InChI=1S/C21H25FN2O2/c1-15-6-5-9-20(22)19(15)14-26-18-12-10-17(11-13-18)24-21(25)23-16-7-3-2-4-8-16/h2-9,17-18H,10-14H2,1H3,(H2,23,24,25). The number of carbonyl (C=O) groups is 1. The molecule has 0 saturated heterocycles. The molecule has 5 heteroatoms. The van der Waals surface area contributed by atoms with Gasteiger partial charge in [0, 0.05) is 17.3 Å². The topological polar surface area (TPSA) is 50.4 Å². The van der Waals surface area contributed by atoms with Gasteiger partial charge < -0.3 is 15.4 Å². The van der Waals surface area contributed by atoms with Gasteiger partial charge in [-0.05, 0) is 56.4 Å². The van der Waals surface area contributed by atoms with Crippen LogP contribution in [0.4, 0.5) is 14.9 Å². The van der Waals surface area contributed by atoms with Crippen molar-refractivity contribution < 1.29 is 13.9 Å². The Morgan fingerprint density at radius 3 is 2.50 bits per heavy atom. The van der Waals surface area contributed by atoms with Gasteiger partial charge in [0.15, 0.2) is 0 Å². The minimum atomic E-state index is -0.210. The molecule has 1 saturated carbocycles. The van der Waals surface area contributed by atoms with Crippen LogP contribution in [0.25, 0.3) is 0 Å². The molecule has 0 atom stereocenters. The van der Waals surface area contributed by atoms with Gasteiger partial charge in [0.1, 0.15) is 5.82 Å². The van der Waals surface area contributed by atoms with E-state index in [1.807, 2.05) is 43.3 Å². The van der Waals surface area contributed by atoms with Crippen LogP contribution in [0.5, 0.6) is 0 Å². The van der Waals surface area contributed by atoms with Crippen LogP contribution < -0.4 is 10.6 Å². The molecule has 26 heavy (non-hydrogen) atoms. The van der Waals surface area contributed by atoms with Crippen molar-refractivity contribution in [3.8, 4) is 0 Å². The number of aryl methyl sites for hydroxylation is 1. The van der Waals surface area contributed by atoms with E-state index in [9.17, 15) is 9.18 Å². The van der Waals surface area contributed by atoms with Crippen molar-refractivity contribution >= 4 is 11.7 Å². The highest BCUT2D eigenvalue weighted by atomic mass is 19.1. The van der Waals surface area contributed by atoms with Crippen LogP contribution in [-0.2, 0) is 11.3 Å². The summed E-state index contributed by atoms with van der Waals surface area (Å²) < 4.78 is 19.8. The number of hydrogen-bond donors (Lipinski definition) is 2. The van der Waals surface area contributed by atoms with Crippen LogP contribution in [0.2, 0.25) is 0 Å². The maximum absolute atomic E-state index is 13.9. The Morgan fingerprint density at radius 1 is 1.08 bits per heavy atom. The van der Waals surface area contributed by atoms with Crippen molar-refractivity contribution in [2.75, 3.05) is 5.32 Å². The first-order chi connectivity index (χ1) is 12.6. The number of para-hydroxylation sites is 1. The lowest BCUT2D eigenvalue weighted by atomic mass is 9.93. The zero-order valence-corrected chi connectivity index (χ0v) is 15.0. The molecule has 0 unspecified atom stereocenters. The van der Waals surface area contributed by atoms with E-state index in [4.69, 9.17) is 4.74 Å². The molecule has 0 aromatic heterocycles. The van der Waals surface area contributed by atoms with Gasteiger partial charge >= 0.3 is 6.03 Å². The third-order valence-corrected chi connectivity index (χ3v) is 4.86. The van der Waals surface area contributed by atoms with E-state index < -0.39 is 0 Å². The molecule has 4 nitrogen and oxygen atoms in total. The first kappa shape index (κ1) is 18.4. The number of ether oxygens (including phenoxy) is 1. The molecular weight excluding hydrogens is 331 g/mol. The predicted octanol–water partition coefficient (Wildman–Crippen LogP) is 4.78. The van der Waals surface area contributed by atoms with Crippen LogP contribution >= 0.6 is 0 Å². The Kier molecular flexibility index (Phi) is 6.23. The fourth-order valence-electron chi connectivity index (χ4n) is 3.30. The molecule has 1 aliphatic rings. The van der Waals surface area contributed by atoms with Crippen molar-refractivity contribution in [1.29, 1.82) is 0 Å². The fraction of sp³-hybridized carbons (Fsp3) is 0.381. The zero-order valence-electron chi connectivity index (χ0n) is 15.0. The number of anilines is 1. The second kappa shape index (κ2) is 8.81. The first-order valence-electron chi connectivity index (χ1n) is 9.10. The number of nitrogens with one attached hydrogen (secondary N) is 2. The quantitative estimate of drug-likeness (QED) is 0.810. The highest BCUT2D eigenvalue weighted by Crippen LogP contribution is 2.23. The van der Waals surface area contributed by atoms with Crippen molar-refractivity contribution in [3.05, 3.63) is 65.5 Å². The average molecular weight is 356 g/mol. The summed E-state index contributed by atoms with van der Waals surface area (Å²) in [6.45, 7) is 2.20. The van der Waals surface area contributed by atoms with E-state index in [1.54, 1.807) is 6.07 Å². The summed E-state index contributed by atoms with van der Waals surface area (Å²) in [4.78, 5) is 12.1. The Labute approximate surface area is 153 Å². The molecule has 2 amide bonds. The van der Waals surface area contributed by atoms with Gasteiger partial charge in [-0.2, -0.15) is 0 Å². The number of hydrogen-bond acceptors (Lipinski definition) is 2. The van der Waals surface area contributed by atoms with E-state index in [2.05, 4.69) is 10.6 Å². The first-order valence-corrected chi connectivity index (χ1v) is 9.10. The average Bonchev–Trinajstić information content (AvgIpc) is 2.63. The number of halogens is 1. The van der Waals surface area contributed by atoms with Crippen LogP contribution in [0.15, 0.2) is 48.5 Å². The molecule has 0 heterocycles. The molecule has 3 rings (SSSR count).